The van der Waals surface area contributed by atoms with Crippen molar-refractivity contribution in [1.82, 2.24) is 3.69 Å². The van der Waals surface area contributed by atoms with Gasteiger partial charge in [-0.3, -0.25) is 0 Å². The van der Waals surface area contributed by atoms with Gasteiger partial charge < -0.3 is 0 Å². The van der Waals surface area contributed by atoms with E-state index < -0.39 is 4.97 Å². The number of quaternary nitrogens is 1. The Bertz CT molecular complexity index is 113. The molecular weight excluding hydrogens is 255 g/mol. The second-order valence-electron chi connectivity index (χ2n) is 1.26. The zero-order valence-corrected chi connectivity index (χ0v) is 7.44. The molecule has 60 valence electrons. The second kappa shape index (κ2) is 4.76. The van der Waals surface area contributed by atoms with Crippen molar-refractivity contribution in [3.8, 4) is 0 Å². The zero-order valence-electron chi connectivity index (χ0n) is 5.28. The van der Waals surface area contributed by atoms with Crippen molar-refractivity contribution in [3.63, 3.8) is 0 Å². The third kappa shape index (κ3) is 3.24. The summed E-state index contributed by atoms with van der Waals surface area (Å²) in [6.07, 6.45) is 0. The molecular formula is C2H8IN4O3+. The Kier molecular flexibility index (Phi) is 4.76. The maximum Gasteiger partial charge on any atom is 0.198 e. The quantitative estimate of drug-likeness (QED) is 0.231. The molecule has 0 radical (unpaired) electrons. The highest BCUT2D eigenvalue weighted by Crippen LogP contribution is 2.02. The van der Waals surface area contributed by atoms with Crippen LogP contribution in [0.2, 0.25) is 0 Å². The Morgan fingerprint density at radius 1 is 1.80 bits per heavy atom. The molecule has 0 aromatic heterocycles. The Morgan fingerprint density at radius 2 is 2.40 bits per heavy atom. The van der Waals surface area contributed by atoms with Crippen molar-refractivity contribution in [2.75, 3.05) is 7.05 Å². The topological polar surface area (TPSA) is 78.1 Å². The van der Waals surface area contributed by atoms with Gasteiger partial charge in [0, 0.05) is 6.72 Å². The summed E-state index contributed by atoms with van der Waals surface area (Å²) >= 11 is 1.71. The van der Waals surface area contributed by atoms with E-state index in [2.05, 4.69) is 30.4 Å². The number of nitrogens with one attached hydrogen (secondary N) is 1. The minimum atomic E-state index is -0.813. The standard InChI is InChI=1S/C2H8IN4O3/c1-5-9-7(2,8-4)10-6-3/h6H,1,4H2,2H3/q+1. The molecule has 0 fully saturated rings. The molecule has 0 heterocycles. The van der Waals surface area contributed by atoms with E-state index in [-0.39, 0.29) is 0 Å². The third-order valence-corrected chi connectivity index (χ3v) is 0.795. The molecule has 1 unspecified atom stereocenters. The van der Waals surface area contributed by atoms with E-state index in [4.69, 9.17) is 5.90 Å². The summed E-state index contributed by atoms with van der Waals surface area (Å²) < 4.78 is 2.27. The summed E-state index contributed by atoms with van der Waals surface area (Å²) in [6.45, 7) is 3.04. The number of halogens is 1. The van der Waals surface area contributed by atoms with Crippen molar-refractivity contribution in [3.05, 3.63) is 0 Å². The molecule has 0 rings (SSSR count). The molecule has 0 saturated carbocycles. The van der Waals surface area contributed by atoms with Crippen molar-refractivity contribution in [2.45, 2.75) is 0 Å². The van der Waals surface area contributed by atoms with Gasteiger partial charge >= 0.3 is 0 Å². The minimum Gasteiger partial charge on any atom is -0.152 e. The predicted octanol–water partition coefficient (Wildman–Crippen LogP) is -0.428. The molecule has 1 atom stereocenters. The Hall–Kier alpha value is -0.000000000000000222. The Morgan fingerprint density at radius 3 is 2.70 bits per heavy atom. The summed E-state index contributed by atoms with van der Waals surface area (Å²) in [4.78, 5) is 12.4. The fraction of sp³-hybridized carbons (Fsp3) is 0.500. The van der Waals surface area contributed by atoms with E-state index in [9.17, 15) is 0 Å². The van der Waals surface area contributed by atoms with Crippen LogP contribution >= 0.6 is 22.9 Å². The number of rotatable bonds is 5. The molecule has 0 aliphatic carbocycles. The highest BCUT2D eigenvalue weighted by atomic mass is 127. The second-order valence-corrected chi connectivity index (χ2v) is 1.70. The largest absolute Gasteiger partial charge is 0.198 e. The van der Waals surface area contributed by atoms with Crippen molar-refractivity contribution < 1.29 is 19.8 Å². The van der Waals surface area contributed by atoms with Crippen LogP contribution in [0, 0.1) is 0 Å². The van der Waals surface area contributed by atoms with Crippen molar-refractivity contribution in [1.29, 1.82) is 0 Å². The molecule has 0 aromatic rings. The number of oxime groups is 1. The average molecular weight is 263 g/mol. The van der Waals surface area contributed by atoms with Gasteiger partial charge in [-0.15, -0.1) is 4.94 Å². The lowest BCUT2D eigenvalue weighted by Crippen LogP contribution is -2.46. The van der Waals surface area contributed by atoms with Gasteiger partial charge in [-0.1, -0.05) is 3.69 Å². The first-order valence-corrected chi connectivity index (χ1v) is 3.20. The van der Waals surface area contributed by atoms with Gasteiger partial charge in [0.1, 0.15) is 0 Å². The van der Waals surface area contributed by atoms with Crippen LogP contribution < -0.4 is 9.59 Å². The molecule has 0 aromatic carbocycles. The summed E-state index contributed by atoms with van der Waals surface area (Å²) in [5.41, 5.74) is 0. The zero-order chi connectivity index (χ0) is 8.04. The molecule has 7 nitrogen and oxygen atoms in total. The van der Waals surface area contributed by atoms with Crippen LogP contribution in [0.4, 0.5) is 0 Å². The number of hydrogen-bond donors (Lipinski definition) is 2. The highest BCUT2D eigenvalue weighted by molar-refractivity contribution is 14.1. The van der Waals surface area contributed by atoms with Crippen LogP contribution in [0.1, 0.15) is 0 Å². The van der Waals surface area contributed by atoms with Gasteiger partial charge in [0.2, 0.25) is 0 Å². The van der Waals surface area contributed by atoms with Gasteiger partial charge in [0.05, 0.1) is 22.9 Å². The Balaban J connectivity index is 3.80. The summed E-state index contributed by atoms with van der Waals surface area (Å²) in [5.74, 6) is 4.77. The van der Waals surface area contributed by atoms with Crippen LogP contribution in [-0.2, 0) is 14.8 Å². The summed E-state index contributed by atoms with van der Waals surface area (Å²) in [6, 6.07) is 0. The molecule has 0 saturated heterocycles. The summed E-state index contributed by atoms with van der Waals surface area (Å²) in [5, 5.41) is 3.05. The SMILES string of the molecule is C=NO[N+](C)(ON)ONI. The monoisotopic (exact) mass is 263 g/mol. The minimum absolute atomic E-state index is 0.813. The van der Waals surface area contributed by atoms with Crippen LogP contribution in [0.5, 0.6) is 0 Å². The fourth-order valence-corrected chi connectivity index (χ4v) is 0.583. The predicted molar refractivity (Wildman–Crippen MR) is 40.3 cm³/mol. The lowest BCUT2D eigenvalue weighted by Gasteiger charge is -2.16. The first-order chi connectivity index (χ1) is 4.68. The van der Waals surface area contributed by atoms with E-state index in [1.807, 2.05) is 0 Å². The molecule has 0 amide bonds. The smallest absolute Gasteiger partial charge is 0.152 e. The first-order valence-electron chi connectivity index (χ1n) is 2.12. The fourth-order valence-electron chi connectivity index (χ4n) is 0.225. The number of nitrogens with zero attached hydrogens (tertiary/aromatic N) is 2. The number of hydroxylamine groups is 3. The molecule has 0 aliphatic heterocycles. The van der Waals surface area contributed by atoms with E-state index in [1.165, 1.54) is 7.05 Å². The van der Waals surface area contributed by atoms with Gasteiger partial charge in [-0.2, -0.15) is 5.90 Å². The van der Waals surface area contributed by atoms with Crippen molar-refractivity contribution in [2.24, 2.45) is 11.1 Å². The average Bonchev–Trinajstić information content (AvgIpc) is 1.89. The molecule has 0 aliphatic rings. The van der Waals surface area contributed by atoms with Gasteiger partial charge in [-0.25, -0.2) is 0 Å². The van der Waals surface area contributed by atoms with Crippen LogP contribution in [0.15, 0.2) is 5.16 Å². The third-order valence-electron chi connectivity index (χ3n) is 0.598. The van der Waals surface area contributed by atoms with Gasteiger partial charge in [0.25, 0.3) is 0 Å². The van der Waals surface area contributed by atoms with Crippen LogP contribution in [0.3, 0.4) is 0 Å². The first kappa shape index (κ1) is 10.0. The normalized spacial score (nSPS) is 15.9. The number of nitrogens with two attached hydrogens (primary N) is 1. The van der Waals surface area contributed by atoms with Crippen molar-refractivity contribution >= 4 is 29.6 Å². The maximum atomic E-state index is 4.77. The molecule has 0 spiro atoms. The van der Waals surface area contributed by atoms with E-state index in [1.54, 1.807) is 22.9 Å². The van der Waals surface area contributed by atoms with E-state index in [0.717, 1.165) is 0 Å². The highest BCUT2D eigenvalue weighted by Gasteiger charge is 2.29. The molecule has 0 bridgehead atoms. The Labute approximate surface area is 71.5 Å². The van der Waals surface area contributed by atoms with Gasteiger partial charge in [0.15, 0.2) is 12.0 Å². The summed E-state index contributed by atoms with van der Waals surface area (Å²) in [7, 11) is 1.36. The van der Waals surface area contributed by atoms with Gasteiger partial charge in [-0.05, 0) is 15.0 Å². The van der Waals surface area contributed by atoms with E-state index in [0.29, 0.717) is 0 Å². The van der Waals surface area contributed by atoms with E-state index >= 15 is 0 Å². The maximum absolute atomic E-state index is 4.77. The molecule has 3 N–H and O–H groups in total. The lowest BCUT2D eigenvalue weighted by molar-refractivity contribution is -1.36. The molecule has 8 heteroatoms. The van der Waals surface area contributed by atoms with Crippen LogP contribution in [-0.4, -0.2) is 18.7 Å². The molecule has 10 heavy (non-hydrogen) atoms. The van der Waals surface area contributed by atoms with Crippen LogP contribution in [0.25, 0.3) is 0 Å². The lowest BCUT2D eigenvalue weighted by atomic mass is 11.5. The number of hydrogen-bond acceptors (Lipinski definition) is 6.